The summed E-state index contributed by atoms with van der Waals surface area (Å²) in [6.45, 7) is 2.59. The largest absolute Gasteiger partial charge is 0.490 e. The summed E-state index contributed by atoms with van der Waals surface area (Å²) >= 11 is 5.79. The lowest BCUT2D eigenvalue weighted by atomic mass is 10.0. The second-order valence-corrected chi connectivity index (χ2v) is 7.62. The smallest absolute Gasteiger partial charge is 0.279 e. The third kappa shape index (κ3) is 4.23. The monoisotopic (exact) mass is 405 g/mol. The standard InChI is InChI=1S/C21H22ClFN2O3/c22-16-12-15(5-6-17(16)23)24-21(26)13-25-8-1-3-18(25)14-4-7-19-20(11-14)28-10-2-9-27-19/h4-7,11-12,18H,1-3,8-10,13H2,(H,24,26)/p+1/t18-/m0/s1. The number of carbonyl (C=O) groups excluding carboxylic acids is 1. The van der Waals surface area contributed by atoms with Crippen LogP contribution < -0.4 is 19.7 Å². The Morgan fingerprint density at radius 1 is 1.14 bits per heavy atom. The van der Waals surface area contributed by atoms with Crippen molar-refractivity contribution in [2.75, 3.05) is 31.6 Å². The molecule has 2 N–H and O–H groups in total. The van der Waals surface area contributed by atoms with Gasteiger partial charge in [-0.05, 0) is 36.4 Å². The number of hydrogen-bond donors (Lipinski definition) is 2. The second-order valence-electron chi connectivity index (χ2n) is 7.21. The van der Waals surface area contributed by atoms with Crippen LogP contribution in [0.5, 0.6) is 11.5 Å². The second kappa shape index (κ2) is 8.37. The van der Waals surface area contributed by atoms with E-state index in [0.717, 1.165) is 42.9 Å². The van der Waals surface area contributed by atoms with Crippen LogP contribution in [0.15, 0.2) is 36.4 Å². The maximum Gasteiger partial charge on any atom is 0.279 e. The minimum absolute atomic E-state index is 0.00334. The molecule has 0 spiro atoms. The van der Waals surface area contributed by atoms with Crippen LogP contribution in [0.3, 0.4) is 0 Å². The SMILES string of the molecule is O=C(C[NH+]1CCC[C@H]1c1ccc2c(c1)OCCCO2)Nc1ccc(F)c(Cl)c1. The van der Waals surface area contributed by atoms with Gasteiger partial charge in [0.2, 0.25) is 0 Å². The fraction of sp³-hybridized carbons (Fsp3) is 0.381. The van der Waals surface area contributed by atoms with Crippen molar-refractivity contribution < 1.29 is 23.6 Å². The lowest BCUT2D eigenvalue weighted by Crippen LogP contribution is -3.11. The van der Waals surface area contributed by atoms with Gasteiger partial charge in [-0.15, -0.1) is 0 Å². The number of halogens is 2. The lowest BCUT2D eigenvalue weighted by Gasteiger charge is -2.22. The van der Waals surface area contributed by atoms with Crippen LogP contribution in [-0.4, -0.2) is 32.2 Å². The van der Waals surface area contributed by atoms with E-state index in [-0.39, 0.29) is 17.0 Å². The van der Waals surface area contributed by atoms with Gasteiger partial charge in [0, 0.05) is 30.5 Å². The molecule has 1 unspecified atom stereocenters. The Balaban J connectivity index is 1.44. The van der Waals surface area contributed by atoms with Crippen LogP contribution in [0.2, 0.25) is 5.02 Å². The van der Waals surface area contributed by atoms with Crippen molar-refractivity contribution in [3.63, 3.8) is 0 Å². The molecule has 148 valence electrons. The van der Waals surface area contributed by atoms with Gasteiger partial charge in [0.05, 0.1) is 24.8 Å². The van der Waals surface area contributed by atoms with Crippen LogP contribution in [0.4, 0.5) is 10.1 Å². The quantitative estimate of drug-likeness (QED) is 0.822. The number of quaternary nitrogens is 1. The van der Waals surface area contributed by atoms with Gasteiger partial charge < -0.3 is 19.7 Å². The number of hydrogen-bond acceptors (Lipinski definition) is 3. The zero-order chi connectivity index (χ0) is 19.5. The molecule has 7 heteroatoms. The highest BCUT2D eigenvalue weighted by molar-refractivity contribution is 6.31. The van der Waals surface area contributed by atoms with Crippen LogP contribution in [0, 0.1) is 5.82 Å². The summed E-state index contributed by atoms with van der Waals surface area (Å²) in [5.74, 6) is 0.955. The molecule has 0 aliphatic carbocycles. The molecule has 28 heavy (non-hydrogen) atoms. The first kappa shape index (κ1) is 19.0. The third-order valence-electron chi connectivity index (χ3n) is 5.25. The number of carbonyl (C=O) groups is 1. The number of fused-ring (bicyclic) bond motifs is 1. The highest BCUT2D eigenvalue weighted by Gasteiger charge is 2.32. The van der Waals surface area contributed by atoms with E-state index in [1.165, 1.54) is 23.1 Å². The molecule has 2 aliphatic heterocycles. The van der Waals surface area contributed by atoms with Crippen molar-refractivity contribution in [3.8, 4) is 11.5 Å². The Morgan fingerprint density at radius 3 is 2.79 bits per heavy atom. The van der Waals surface area contributed by atoms with E-state index in [9.17, 15) is 9.18 Å². The van der Waals surface area contributed by atoms with Crippen molar-refractivity contribution in [1.82, 2.24) is 0 Å². The number of benzene rings is 2. The van der Waals surface area contributed by atoms with Gasteiger partial charge in [0.15, 0.2) is 18.0 Å². The number of likely N-dealkylation sites (tertiary alicyclic amines) is 1. The maximum absolute atomic E-state index is 13.3. The minimum atomic E-state index is -0.501. The Kier molecular flexibility index (Phi) is 5.69. The van der Waals surface area contributed by atoms with E-state index >= 15 is 0 Å². The molecule has 0 radical (unpaired) electrons. The Labute approximate surface area is 168 Å². The fourth-order valence-corrected chi connectivity index (χ4v) is 4.09. The molecular weight excluding hydrogens is 383 g/mol. The molecule has 1 amide bonds. The van der Waals surface area contributed by atoms with Gasteiger partial charge in [-0.3, -0.25) is 4.79 Å². The molecule has 2 aromatic carbocycles. The molecule has 2 heterocycles. The Morgan fingerprint density at radius 2 is 1.96 bits per heavy atom. The Bertz CT molecular complexity index is 877. The minimum Gasteiger partial charge on any atom is -0.490 e. The van der Waals surface area contributed by atoms with Gasteiger partial charge >= 0.3 is 0 Å². The summed E-state index contributed by atoms with van der Waals surface area (Å²) in [6, 6.07) is 10.5. The number of ether oxygens (including phenoxy) is 2. The maximum atomic E-state index is 13.3. The van der Waals surface area contributed by atoms with Gasteiger partial charge in [0.25, 0.3) is 5.91 Å². The Hall–Kier alpha value is -2.31. The molecule has 4 rings (SSSR count). The first-order valence-electron chi connectivity index (χ1n) is 9.59. The zero-order valence-electron chi connectivity index (χ0n) is 15.5. The summed E-state index contributed by atoms with van der Waals surface area (Å²) in [5.41, 5.74) is 1.66. The predicted octanol–water partition coefficient (Wildman–Crippen LogP) is 3.00. The summed E-state index contributed by atoms with van der Waals surface area (Å²) in [7, 11) is 0. The normalized spacial score (nSPS) is 21.2. The van der Waals surface area contributed by atoms with Crippen LogP contribution in [0.25, 0.3) is 0 Å². The number of anilines is 1. The molecule has 0 saturated carbocycles. The average Bonchev–Trinajstić information content (AvgIpc) is 3.00. The van der Waals surface area contributed by atoms with E-state index in [0.29, 0.717) is 25.4 Å². The number of rotatable bonds is 4. The highest BCUT2D eigenvalue weighted by Crippen LogP contribution is 2.33. The molecular formula is C21H23ClFN2O3+. The van der Waals surface area contributed by atoms with Crippen molar-refractivity contribution in [2.45, 2.75) is 25.3 Å². The van der Waals surface area contributed by atoms with Crippen LogP contribution in [0.1, 0.15) is 30.9 Å². The van der Waals surface area contributed by atoms with E-state index in [1.54, 1.807) is 0 Å². The molecule has 1 fully saturated rings. The number of amides is 1. The summed E-state index contributed by atoms with van der Waals surface area (Å²) in [6.07, 6.45) is 2.95. The molecule has 0 aromatic heterocycles. The third-order valence-corrected chi connectivity index (χ3v) is 5.54. The van der Waals surface area contributed by atoms with Gasteiger partial charge in [0.1, 0.15) is 11.9 Å². The fourth-order valence-electron chi connectivity index (χ4n) is 3.91. The molecule has 2 aromatic rings. The van der Waals surface area contributed by atoms with Crippen LogP contribution >= 0.6 is 11.6 Å². The number of nitrogens with one attached hydrogen (secondary N) is 2. The average molecular weight is 406 g/mol. The first-order valence-corrected chi connectivity index (χ1v) is 9.97. The molecule has 5 nitrogen and oxygen atoms in total. The van der Waals surface area contributed by atoms with Crippen molar-refractivity contribution >= 4 is 23.2 Å². The van der Waals surface area contributed by atoms with Gasteiger partial charge in [-0.1, -0.05) is 11.6 Å². The molecule has 2 atom stereocenters. The summed E-state index contributed by atoms with van der Waals surface area (Å²) in [4.78, 5) is 13.7. The van der Waals surface area contributed by atoms with Gasteiger partial charge in [-0.25, -0.2) is 4.39 Å². The van der Waals surface area contributed by atoms with Gasteiger partial charge in [-0.2, -0.15) is 0 Å². The topological polar surface area (TPSA) is 52.0 Å². The van der Waals surface area contributed by atoms with E-state index in [1.807, 2.05) is 12.1 Å². The summed E-state index contributed by atoms with van der Waals surface area (Å²) < 4.78 is 24.8. The molecule has 2 aliphatic rings. The van der Waals surface area contributed by atoms with E-state index in [2.05, 4.69) is 11.4 Å². The first-order chi connectivity index (χ1) is 13.6. The van der Waals surface area contributed by atoms with E-state index in [4.69, 9.17) is 21.1 Å². The zero-order valence-corrected chi connectivity index (χ0v) is 16.2. The van der Waals surface area contributed by atoms with Crippen molar-refractivity contribution in [2.24, 2.45) is 0 Å². The highest BCUT2D eigenvalue weighted by atomic mass is 35.5. The lowest BCUT2D eigenvalue weighted by molar-refractivity contribution is -0.910. The summed E-state index contributed by atoms with van der Waals surface area (Å²) in [5, 5.41) is 2.81. The molecule has 0 bridgehead atoms. The van der Waals surface area contributed by atoms with Crippen molar-refractivity contribution in [1.29, 1.82) is 0 Å². The molecule has 1 saturated heterocycles. The predicted molar refractivity (Wildman–Crippen MR) is 105 cm³/mol. The van der Waals surface area contributed by atoms with E-state index < -0.39 is 5.82 Å². The van der Waals surface area contributed by atoms with Crippen LogP contribution in [-0.2, 0) is 4.79 Å². The van der Waals surface area contributed by atoms with Crippen molar-refractivity contribution in [3.05, 3.63) is 52.8 Å².